The van der Waals surface area contributed by atoms with Crippen molar-refractivity contribution >= 4 is 19.7 Å². The van der Waals surface area contributed by atoms with Gasteiger partial charge in [-0.1, -0.05) is 12.1 Å². The molecule has 0 saturated heterocycles. The molecule has 0 heterocycles. The van der Waals surface area contributed by atoms with Crippen LogP contribution >= 0.6 is 7.60 Å². The second-order valence-corrected chi connectivity index (χ2v) is 5.70. The van der Waals surface area contributed by atoms with Crippen LogP contribution in [0.2, 0.25) is 0 Å². The van der Waals surface area contributed by atoms with E-state index in [-0.39, 0.29) is 17.9 Å². The topological polar surface area (TPSA) is 88.1 Å². The number of benzene rings is 1. The van der Waals surface area contributed by atoms with Crippen LogP contribution in [0.5, 0.6) is 5.75 Å². The summed E-state index contributed by atoms with van der Waals surface area (Å²) < 4.78 is 30.1. The van der Waals surface area contributed by atoms with Crippen LogP contribution in [0.15, 0.2) is 24.3 Å². The van der Waals surface area contributed by atoms with E-state index in [1.54, 1.807) is 19.1 Å². The molecule has 8 heteroatoms. The van der Waals surface area contributed by atoms with Crippen molar-refractivity contribution in [3.8, 4) is 5.75 Å². The molecule has 0 amide bonds. The van der Waals surface area contributed by atoms with Crippen molar-refractivity contribution in [3.05, 3.63) is 29.8 Å². The molecule has 0 aliphatic carbocycles. The molecule has 1 rings (SSSR count). The number of ether oxygens (including phenoxy) is 2. The fraction of sp³-hybridized carbons (Fsp3) is 0.333. The van der Waals surface area contributed by atoms with Gasteiger partial charge in [0.1, 0.15) is 11.3 Å². The molecule has 110 valence electrons. The lowest BCUT2D eigenvalue weighted by atomic mass is 10.2. The summed E-state index contributed by atoms with van der Waals surface area (Å²) in [6.07, 6.45) is -1.23. The third kappa shape index (κ3) is 4.68. The Balaban J connectivity index is 2.85. The molecule has 7 nitrogen and oxygen atoms in total. The van der Waals surface area contributed by atoms with Gasteiger partial charge in [0, 0.05) is 7.11 Å². The molecule has 1 aromatic rings. The van der Waals surface area contributed by atoms with Gasteiger partial charge < -0.3 is 18.5 Å². The highest BCUT2D eigenvalue weighted by atomic mass is 31.2. The molecular formula is C12H15O7P. The van der Waals surface area contributed by atoms with Crippen molar-refractivity contribution in [3.63, 3.8) is 0 Å². The molecule has 0 aromatic heterocycles. The Labute approximate surface area is 116 Å². The van der Waals surface area contributed by atoms with Gasteiger partial charge in [-0.15, -0.1) is 0 Å². The molecule has 1 aromatic carbocycles. The molecule has 0 aliphatic rings. The molecular weight excluding hydrogens is 287 g/mol. The third-order valence-electron chi connectivity index (χ3n) is 2.15. The zero-order valence-electron chi connectivity index (χ0n) is 11.3. The summed E-state index contributed by atoms with van der Waals surface area (Å²) in [6, 6.07) is 5.97. The predicted molar refractivity (Wildman–Crippen MR) is 70.0 cm³/mol. The van der Waals surface area contributed by atoms with Crippen molar-refractivity contribution in [2.75, 3.05) is 20.4 Å². The highest BCUT2D eigenvalue weighted by Gasteiger charge is 2.23. The Kier molecular flexibility index (Phi) is 5.73. The van der Waals surface area contributed by atoms with Crippen LogP contribution in [0.4, 0.5) is 4.79 Å². The molecule has 0 saturated carbocycles. The minimum atomic E-state index is -3.51. The van der Waals surface area contributed by atoms with Gasteiger partial charge in [0.25, 0.3) is 0 Å². The number of hydrogen-bond acceptors (Lipinski definition) is 7. The first kappa shape index (κ1) is 16.2. The smallest absolute Gasteiger partial charge is 0.462 e. The zero-order chi connectivity index (χ0) is 15.2. The van der Waals surface area contributed by atoms with E-state index in [1.165, 1.54) is 12.1 Å². The van der Waals surface area contributed by atoms with E-state index in [4.69, 9.17) is 9.47 Å². The summed E-state index contributed by atoms with van der Waals surface area (Å²) in [4.78, 5) is 23.1. The van der Waals surface area contributed by atoms with Gasteiger partial charge in [-0.3, -0.25) is 0 Å². The van der Waals surface area contributed by atoms with Gasteiger partial charge in [-0.25, -0.2) is 14.2 Å². The first-order valence-corrected chi connectivity index (χ1v) is 7.69. The largest absolute Gasteiger partial charge is 0.520 e. The number of rotatable bonds is 5. The van der Waals surface area contributed by atoms with Crippen molar-refractivity contribution in [2.45, 2.75) is 6.92 Å². The molecule has 0 aliphatic heterocycles. The van der Waals surface area contributed by atoms with Gasteiger partial charge in [-0.2, -0.15) is 0 Å². The normalized spacial score (nSPS) is 13.2. The lowest BCUT2D eigenvalue weighted by molar-refractivity contribution is 0.0523. The summed E-state index contributed by atoms with van der Waals surface area (Å²) in [5.41, 5.74) is 0.0645. The quantitative estimate of drug-likeness (QED) is 0.469. The first-order valence-electron chi connectivity index (χ1n) is 5.70. The average Bonchev–Trinajstić information content (AvgIpc) is 2.39. The fourth-order valence-corrected chi connectivity index (χ4v) is 1.60. The van der Waals surface area contributed by atoms with Crippen LogP contribution < -0.4 is 4.74 Å². The lowest BCUT2D eigenvalue weighted by Gasteiger charge is -2.12. The predicted octanol–water partition coefficient (Wildman–Crippen LogP) is 2.85. The lowest BCUT2D eigenvalue weighted by Crippen LogP contribution is -2.13. The Morgan fingerprint density at radius 3 is 2.50 bits per heavy atom. The highest BCUT2D eigenvalue weighted by Crippen LogP contribution is 2.43. The summed E-state index contributed by atoms with van der Waals surface area (Å²) in [5, 5.41) is 0. The van der Waals surface area contributed by atoms with Crippen LogP contribution in [-0.2, 0) is 18.3 Å². The molecule has 0 bridgehead atoms. The van der Waals surface area contributed by atoms with Gasteiger partial charge in [0.15, 0.2) is 0 Å². The highest BCUT2D eigenvalue weighted by molar-refractivity contribution is 7.53. The van der Waals surface area contributed by atoms with Crippen LogP contribution in [-0.4, -0.2) is 32.5 Å². The van der Waals surface area contributed by atoms with Crippen LogP contribution in [0.3, 0.4) is 0 Å². The molecule has 0 spiro atoms. The Morgan fingerprint density at radius 2 is 1.90 bits per heavy atom. The molecule has 20 heavy (non-hydrogen) atoms. The maximum absolute atomic E-state index is 11.7. The molecule has 0 N–H and O–H groups in total. The van der Waals surface area contributed by atoms with E-state index in [1.807, 2.05) is 0 Å². The zero-order valence-corrected chi connectivity index (χ0v) is 12.2. The molecule has 0 fully saturated rings. The summed E-state index contributed by atoms with van der Waals surface area (Å²) >= 11 is 0. The average molecular weight is 302 g/mol. The Bertz CT molecular complexity index is 540. The summed E-state index contributed by atoms with van der Waals surface area (Å²) in [7, 11) is -2.37. The maximum atomic E-state index is 11.7. The van der Waals surface area contributed by atoms with Gasteiger partial charge in [-0.05, 0) is 19.1 Å². The standard InChI is InChI=1S/C12H15O7P/c1-4-17-11(13)9-7-5-6-8-10(9)18-12(14)19-20(3,15)16-2/h5-8H,4H2,1-3H3. The summed E-state index contributed by atoms with van der Waals surface area (Å²) in [5.74, 6) is -0.686. The summed E-state index contributed by atoms with van der Waals surface area (Å²) in [6.45, 7) is 2.96. The van der Waals surface area contributed by atoms with Crippen molar-refractivity contribution in [1.82, 2.24) is 0 Å². The van der Waals surface area contributed by atoms with Crippen molar-refractivity contribution in [2.24, 2.45) is 0 Å². The minimum Gasteiger partial charge on any atom is -0.462 e. The van der Waals surface area contributed by atoms with E-state index >= 15 is 0 Å². The van der Waals surface area contributed by atoms with E-state index in [0.29, 0.717) is 0 Å². The fourth-order valence-electron chi connectivity index (χ4n) is 1.21. The van der Waals surface area contributed by atoms with Gasteiger partial charge in [0.05, 0.1) is 13.3 Å². The second-order valence-electron chi connectivity index (χ2n) is 3.61. The number of hydrogen-bond donors (Lipinski definition) is 0. The van der Waals surface area contributed by atoms with Crippen LogP contribution in [0.25, 0.3) is 0 Å². The SMILES string of the molecule is CCOC(=O)c1ccccc1OC(=O)OP(C)(=O)OC. The molecule has 1 unspecified atom stereocenters. The van der Waals surface area contributed by atoms with Crippen LogP contribution in [0, 0.1) is 0 Å². The van der Waals surface area contributed by atoms with Gasteiger partial charge >= 0.3 is 19.7 Å². The number of esters is 1. The van der Waals surface area contributed by atoms with E-state index < -0.39 is 19.7 Å². The van der Waals surface area contributed by atoms with Crippen molar-refractivity contribution < 1.29 is 32.7 Å². The minimum absolute atomic E-state index is 0.0490. The number of para-hydroxylation sites is 1. The maximum Gasteiger partial charge on any atom is 0.520 e. The van der Waals surface area contributed by atoms with E-state index in [9.17, 15) is 14.2 Å². The third-order valence-corrected chi connectivity index (χ3v) is 3.29. The monoisotopic (exact) mass is 302 g/mol. The molecule has 1 atom stereocenters. The van der Waals surface area contributed by atoms with E-state index in [0.717, 1.165) is 13.8 Å². The second kappa shape index (κ2) is 7.07. The molecule has 0 radical (unpaired) electrons. The number of carbonyl (C=O) groups excluding carboxylic acids is 2. The Morgan fingerprint density at radius 1 is 1.25 bits per heavy atom. The van der Waals surface area contributed by atoms with Gasteiger partial charge in [0.2, 0.25) is 0 Å². The first-order chi connectivity index (χ1) is 9.39. The number of carbonyl (C=O) groups is 2. The van der Waals surface area contributed by atoms with Crippen LogP contribution in [0.1, 0.15) is 17.3 Å². The van der Waals surface area contributed by atoms with E-state index in [2.05, 4.69) is 9.05 Å². The van der Waals surface area contributed by atoms with Crippen molar-refractivity contribution in [1.29, 1.82) is 0 Å². The Hall–Kier alpha value is -1.85.